The van der Waals surface area contributed by atoms with Crippen LogP contribution in [0.5, 0.6) is 5.75 Å². The molecule has 3 rings (SSSR count). The van der Waals surface area contributed by atoms with E-state index in [1.807, 2.05) is 36.4 Å². The first kappa shape index (κ1) is 14.1. The van der Waals surface area contributed by atoms with Gasteiger partial charge in [-0.2, -0.15) is 0 Å². The number of ether oxygens (including phenoxy) is 1. The minimum absolute atomic E-state index is 0.148. The molecule has 0 heterocycles. The molecule has 0 atom stereocenters. The molecule has 0 spiro atoms. The normalized spacial score (nSPS) is 10.4. The Balaban J connectivity index is 1.63. The van der Waals surface area contributed by atoms with Gasteiger partial charge in [0.25, 0.3) is 5.91 Å². The van der Waals surface area contributed by atoms with E-state index in [2.05, 4.69) is 5.32 Å². The van der Waals surface area contributed by atoms with Crippen LogP contribution in [0.25, 0.3) is 10.8 Å². The Bertz CT molecular complexity index is 817. The van der Waals surface area contributed by atoms with Gasteiger partial charge in [0.2, 0.25) is 0 Å². The van der Waals surface area contributed by atoms with E-state index < -0.39 is 11.7 Å². The van der Waals surface area contributed by atoms with Crippen molar-refractivity contribution >= 4 is 22.4 Å². The summed E-state index contributed by atoms with van der Waals surface area (Å²) in [6.45, 7) is -0.174. The minimum Gasteiger partial charge on any atom is -0.484 e. The molecule has 0 aliphatic carbocycles. The lowest BCUT2D eigenvalue weighted by Gasteiger charge is -2.09. The molecule has 110 valence electrons. The van der Waals surface area contributed by atoms with Crippen LogP contribution >= 0.6 is 0 Å². The van der Waals surface area contributed by atoms with E-state index in [4.69, 9.17) is 4.74 Å². The monoisotopic (exact) mass is 295 g/mol. The third-order valence-electron chi connectivity index (χ3n) is 3.24. The number of para-hydroxylation sites is 1. The number of carbonyl (C=O) groups excluding carboxylic acids is 1. The summed E-state index contributed by atoms with van der Waals surface area (Å²) in [6, 6.07) is 19.5. The maximum atomic E-state index is 13.4. The first-order valence-electron chi connectivity index (χ1n) is 6.88. The number of hydrogen-bond donors (Lipinski definition) is 1. The Morgan fingerprint density at radius 2 is 1.68 bits per heavy atom. The average Bonchev–Trinajstić information content (AvgIpc) is 2.55. The first-order valence-corrected chi connectivity index (χ1v) is 6.88. The maximum absolute atomic E-state index is 13.4. The van der Waals surface area contributed by atoms with Gasteiger partial charge in [-0.25, -0.2) is 4.39 Å². The van der Waals surface area contributed by atoms with E-state index >= 15 is 0 Å². The number of amides is 1. The second kappa shape index (κ2) is 6.26. The molecule has 0 saturated heterocycles. The smallest absolute Gasteiger partial charge is 0.262 e. The van der Waals surface area contributed by atoms with Crippen molar-refractivity contribution in [3.8, 4) is 5.75 Å². The third kappa shape index (κ3) is 3.23. The van der Waals surface area contributed by atoms with E-state index in [1.54, 1.807) is 18.2 Å². The van der Waals surface area contributed by atoms with Crippen LogP contribution in [0.4, 0.5) is 10.1 Å². The summed E-state index contributed by atoms with van der Waals surface area (Å²) in [5.74, 6) is -0.276. The molecular weight excluding hydrogens is 281 g/mol. The Labute approximate surface area is 127 Å². The topological polar surface area (TPSA) is 38.3 Å². The van der Waals surface area contributed by atoms with Crippen molar-refractivity contribution in [3.05, 3.63) is 72.5 Å². The zero-order chi connectivity index (χ0) is 15.4. The van der Waals surface area contributed by atoms with Gasteiger partial charge in [-0.05, 0) is 35.0 Å². The van der Waals surface area contributed by atoms with Crippen molar-refractivity contribution in [3.63, 3.8) is 0 Å². The highest BCUT2D eigenvalue weighted by Crippen LogP contribution is 2.20. The molecule has 3 aromatic carbocycles. The van der Waals surface area contributed by atoms with Crippen LogP contribution in [0.1, 0.15) is 0 Å². The number of anilines is 1. The molecule has 1 amide bonds. The SMILES string of the molecule is O=C(COc1ccc2ccccc2c1)Nc1ccccc1F. The van der Waals surface area contributed by atoms with Gasteiger partial charge in [0, 0.05) is 0 Å². The number of benzene rings is 3. The lowest BCUT2D eigenvalue weighted by Crippen LogP contribution is -2.20. The van der Waals surface area contributed by atoms with E-state index in [-0.39, 0.29) is 12.3 Å². The first-order chi connectivity index (χ1) is 10.7. The summed E-state index contributed by atoms with van der Waals surface area (Å²) >= 11 is 0. The van der Waals surface area contributed by atoms with E-state index in [9.17, 15) is 9.18 Å². The van der Waals surface area contributed by atoms with Crippen molar-refractivity contribution in [1.29, 1.82) is 0 Å². The lowest BCUT2D eigenvalue weighted by molar-refractivity contribution is -0.118. The molecule has 0 aliphatic heterocycles. The van der Waals surface area contributed by atoms with Crippen molar-refractivity contribution < 1.29 is 13.9 Å². The summed E-state index contributed by atoms with van der Waals surface area (Å²) < 4.78 is 18.9. The minimum atomic E-state index is -0.471. The Kier molecular flexibility index (Phi) is 4.01. The Morgan fingerprint density at radius 3 is 2.50 bits per heavy atom. The largest absolute Gasteiger partial charge is 0.484 e. The maximum Gasteiger partial charge on any atom is 0.262 e. The number of hydrogen-bond acceptors (Lipinski definition) is 2. The molecular formula is C18H14FNO2. The second-order valence-corrected chi connectivity index (χ2v) is 4.83. The number of rotatable bonds is 4. The molecule has 1 N–H and O–H groups in total. The predicted molar refractivity (Wildman–Crippen MR) is 84.5 cm³/mol. The molecule has 0 bridgehead atoms. The van der Waals surface area contributed by atoms with Crippen molar-refractivity contribution in [2.45, 2.75) is 0 Å². The van der Waals surface area contributed by atoms with Gasteiger partial charge in [-0.15, -0.1) is 0 Å². The fourth-order valence-corrected chi connectivity index (χ4v) is 2.15. The number of fused-ring (bicyclic) bond motifs is 1. The molecule has 0 fully saturated rings. The standard InChI is InChI=1S/C18H14FNO2/c19-16-7-3-4-8-17(16)20-18(21)12-22-15-10-9-13-5-1-2-6-14(13)11-15/h1-11H,12H2,(H,20,21). The van der Waals surface area contributed by atoms with Crippen molar-refractivity contribution in [2.75, 3.05) is 11.9 Å². The third-order valence-corrected chi connectivity index (χ3v) is 3.24. The summed E-state index contributed by atoms with van der Waals surface area (Å²) in [6.07, 6.45) is 0. The quantitative estimate of drug-likeness (QED) is 0.790. The van der Waals surface area contributed by atoms with Crippen molar-refractivity contribution in [1.82, 2.24) is 0 Å². The zero-order valence-electron chi connectivity index (χ0n) is 11.8. The summed E-state index contributed by atoms with van der Waals surface area (Å²) in [4.78, 5) is 11.8. The fraction of sp³-hybridized carbons (Fsp3) is 0.0556. The van der Waals surface area contributed by atoms with Crippen LogP contribution in [0.15, 0.2) is 66.7 Å². The summed E-state index contributed by atoms with van der Waals surface area (Å²) in [7, 11) is 0. The van der Waals surface area contributed by atoms with E-state index in [0.29, 0.717) is 5.75 Å². The molecule has 0 unspecified atom stereocenters. The number of halogens is 1. The molecule has 22 heavy (non-hydrogen) atoms. The highest BCUT2D eigenvalue weighted by Gasteiger charge is 2.07. The van der Waals surface area contributed by atoms with E-state index in [1.165, 1.54) is 12.1 Å². The molecule has 0 saturated carbocycles. The van der Waals surface area contributed by atoms with Crippen LogP contribution < -0.4 is 10.1 Å². The van der Waals surface area contributed by atoms with Crippen LogP contribution in [-0.2, 0) is 4.79 Å². The molecule has 0 aromatic heterocycles. The molecule has 3 aromatic rings. The zero-order valence-corrected chi connectivity index (χ0v) is 11.8. The highest BCUT2D eigenvalue weighted by atomic mass is 19.1. The van der Waals surface area contributed by atoms with Crippen LogP contribution in [-0.4, -0.2) is 12.5 Å². The molecule has 0 aliphatic rings. The fourth-order valence-electron chi connectivity index (χ4n) is 2.15. The molecule has 0 radical (unpaired) electrons. The van der Waals surface area contributed by atoms with Crippen LogP contribution in [0.3, 0.4) is 0 Å². The molecule has 3 nitrogen and oxygen atoms in total. The lowest BCUT2D eigenvalue weighted by atomic mass is 10.1. The number of nitrogens with one attached hydrogen (secondary N) is 1. The Hall–Kier alpha value is -2.88. The summed E-state index contributed by atoms with van der Waals surface area (Å²) in [5.41, 5.74) is 0.148. The highest BCUT2D eigenvalue weighted by molar-refractivity contribution is 5.92. The van der Waals surface area contributed by atoms with Gasteiger partial charge >= 0.3 is 0 Å². The van der Waals surface area contributed by atoms with Crippen molar-refractivity contribution in [2.24, 2.45) is 0 Å². The van der Waals surface area contributed by atoms with Crippen LogP contribution in [0, 0.1) is 5.82 Å². The predicted octanol–water partition coefficient (Wildman–Crippen LogP) is 4.00. The number of carbonyl (C=O) groups is 1. The Morgan fingerprint density at radius 1 is 0.955 bits per heavy atom. The van der Waals surface area contributed by atoms with Gasteiger partial charge in [0.15, 0.2) is 6.61 Å². The molecule has 4 heteroatoms. The van der Waals surface area contributed by atoms with Gasteiger partial charge < -0.3 is 10.1 Å². The van der Waals surface area contributed by atoms with Crippen LogP contribution in [0.2, 0.25) is 0 Å². The van der Waals surface area contributed by atoms with Gasteiger partial charge in [0.05, 0.1) is 5.69 Å². The summed E-state index contributed by atoms with van der Waals surface area (Å²) in [5, 5.41) is 4.62. The van der Waals surface area contributed by atoms with Gasteiger partial charge in [-0.3, -0.25) is 4.79 Å². The second-order valence-electron chi connectivity index (χ2n) is 4.83. The average molecular weight is 295 g/mol. The van der Waals surface area contributed by atoms with Gasteiger partial charge in [0.1, 0.15) is 11.6 Å². The van der Waals surface area contributed by atoms with Gasteiger partial charge in [-0.1, -0.05) is 42.5 Å². The van der Waals surface area contributed by atoms with E-state index in [0.717, 1.165) is 10.8 Å².